The van der Waals surface area contributed by atoms with Crippen LogP contribution in [-0.4, -0.2) is 60.2 Å². The van der Waals surface area contributed by atoms with Crippen molar-refractivity contribution in [3.63, 3.8) is 0 Å². The largest absolute Gasteiger partial charge is 0.484 e. The van der Waals surface area contributed by atoms with Gasteiger partial charge in [0.1, 0.15) is 11.4 Å². The van der Waals surface area contributed by atoms with Crippen molar-refractivity contribution in [1.82, 2.24) is 9.80 Å². The maximum absolute atomic E-state index is 12.3. The summed E-state index contributed by atoms with van der Waals surface area (Å²) in [6.07, 6.45) is 0.385. The summed E-state index contributed by atoms with van der Waals surface area (Å²) >= 11 is 5.82. The Balaban J connectivity index is 1.82. The molecular weight excluding hydrogens is 344 g/mol. The Bertz CT molecular complexity index is 612. The summed E-state index contributed by atoms with van der Waals surface area (Å²) in [5, 5.41) is 0.615. The van der Waals surface area contributed by atoms with Crippen LogP contribution in [0, 0.1) is 0 Å². The highest BCUT2D eigenvalue weighted by atomic mass is 35.5. The predicted octanol–water partition coefficient (Wildman–Crippen LogP) is 3.19. The zero-order valence-electron chi connectivity index (χ0n) is 15.1. The van der Waals surface area contributed by atoms with E-state index in [-0.39, 0.29) is 24.6 Å². The van der Waals surface area contributed by atoms with Gasteiger partial charge in [-0.3, -0.25) is 4.79 Å². The molecule has 1 saturated heterocycles. The number of benzene rings is 1. The number of carbonyl (C=O) groups is 2. The first kappa shape index (κ1) is 19.4. The molecule has 2 rings (SSSR count). The van der Waals surface area contributed by atoms with Crippen LogP contribution < -0.4 is 4.74 Å². The maximum atomic E-state index is 12.3. The van der Waals surface area contributed by atoms with E-state index in [1.165, 1.54) is 0 Å². The van der Waals surface area contributed by atoms with Crippen molar-refractivity contribution in [1.29, 1.82) is 0 Å². The Hall–Kier alpha value is -1.95. The van der Waals surface area contributed by atoms with Gasteiger partial charge in [0.15, 0.2) is 6.61 Å². The minimum atomic E-state index is -0.524. The minimum Gasteiger partial charge on any atom is -0.484 e. The highest BCUT2D eigenvalue weighted by Gasteiger charge is 2.33. The van der Waals surface area contributed by atoms with E-state index < -0.39 is 5.60 Å². The van der Waals surface area contributed by atoms with Crippen molar-refractivity contribution in [2.75, 3.05) is 26.7 Å². The second-order valence-electron chi connectivity index (χ2n) is 7.12. The fourth-order valence-corrected chi connectivity index (χ4v) is 2.66. The number of halogens is 1. The fourth-order valence-electron chi connectivity index (χ4n) is 2.53. The number of amides is 2. The Kier molecular flexibility index (Phi) is 6.16. The van der Waals surface area contributed by atoms with E-state index in [2.05, 4.69) is 0 Å². The van der Waals surface area contributed by atoms with Gasteiger partial charge in [-0.2, -0.15) is 0 Å². The molecule has 7 heteroatoms. The van der Waals surface area contributed by atoms with E-state index in [0.717, 1.165) is 6.42 Å². The van der Waals surface area contributed by atoms with Crippen LogP contribution in [-0.2, 0) is 9.53 Å². The molecule has 1 aromatic carbocycles. The molecule has 1 heterocycles. The van der Waals surface area contributed by atoms with Crippen molar-refractivity contribution in [2.24, 2.45) is 0 Å². The van der Waals surface area contributed by atoms with E-state index in [0.29, 0.717) is 23.9 Å². The van der Waals surface area contributed by atoms with E-state index in [1.54, 1.807) is 41.1 Å². The standard InChI is InChI=1S/C18H25ClN2O4/c1-18(2,3)25-17(23)21-10-9-14(11-21)20(4)16(22)12-24-15-7-5-13(19)6-8-15/h5-8,14H,9-12H2,1-4H3. The average Bonchev–Trinajstić information content (AvgIpc) is 3.02. The number of ether oxygens (including phenoxy) is 2. The number of rotatable bonds is 4. The van der Waals surface area contributed by atoms with Gasteiger partial charge in [0, 0.05) is 25.2 Å². The number of likely N-dealkylation sites (tertiary alicyclic amines) is 1. The van der Waals surface area contributed by atoms with Crippen LogP contribution in [0.5, 0.6) is 5.75 Å². The van der Waals surface area contributed by atoms with Crippen LogP contribution in [0.4, 0.5) is 4.79 Å². The molecule has 0 aliphatic carbocycles. The summed E-state index contributed by atoms with van der Waals surface area (Å²) in [6, 6.07) is 6.82. The van der Waals surface area contributed by atoms with Gasteiger partial charge in [-0.05, 0) is 51.5 Å². The van der Waals surface area contributed by atoms with Crippen LogP contribution in [0.25, 0.3) is 0 Å². The third kappa shape index (κ3) is 5.81. The summed E-state index contributed by atoms with van der Waals surface area (Å²) in [5.74, 6) is 0.457. The highest BCUT2D eigenvalue weighted by Crippen LogP contribution is 2.19. The number of likely N-dealkylation sites (N-methyl/N-ethyl adjacent to an activating group) is 1. The van der Waals surface area contributed by atoms with E-state index >= 15 is 0 Å². The van der Waals surface area contributed by atoms with E-state index in [9.17, 15) is 9.59 Å². The first-order valence-corrected chi connectivity index (χ1v) is 8.65. The van der Waals surface area contributed by atoms with Crippen LogP contribution in [0.3, 0.4) is 0 Å². The summed E-state index contributed by atoms with van der Waals surface area (Å²) in [5.41, 5.74) is -0.524. The van der Waals surface area contributed by atoms with Gasteiger partial charge in [0.2, 0.25) is 0 Å². The van der Waals surface area contributed by atoms with Crippen molar-refractivity contribution in [3.05, 3.63) is 29.3 Å². The van der Waals surface area contributed by atoms with Gasteiger partial charge in [-0.25, -0.2) is 4.79 Å². The third-order valence-corrected chi connectivity index (χ3v) is 4.18. The van der Waals surface area contributed by atoms with Gasteiger partial charge in [0.05, 0.1) is 6.04 Å². The third-order valence-electron chi connectivity index (χ3n) is 3.93. The number of hydrogen-bond donors (Lipinski definition) is 0. The molecule has 0 bridgehead atoms. The molecule has 1 aromatic rings. The number of hydrogen-bond acceptors (Lipinski definition) is 4. The van der Waals surface area contributed by atoms with Gasteiger partial charge >= 0.3 is 6.09 Å². The molecule has 1 atom stereocenters. The lowest BCUT2D eigenvalue weighted by atomic mass is 10.2. The van der Waals surface area contributed by atoms with Crippen LogP contribution in [0.15, 0.2) is 24.3 Å². The van der Waals surface area contributed by atoms with Gasteiger partial charge in [0.25, 0.3) is 5.91 Å². The van der Waals surface area contributed by atoms with Gasteiger partial charge < -0.3 is 19.3 Å². The van der Waals surface area contributed by atoms with Crippen molar-refractivity contribution in [3.8, 4) is 5.75 Å². The highest BCUT2D eigenvalue weighted by molar-refractivity contribution is 6.30. The zero-order valence-corrected chi connectivity index (χ0v) is 15.9. The molecule has 1 aliphatic rings. The smallest absolute Gasteiger partial charge is 0.410 e. The first-order valence-electron chi connectivity index (χ1n) is 8.27. The molecule has 1 unspecified atom stereocenters. The second-order valence-corrected chi connectivity index (χ2v) is 7.55. The Morgan fingerprint density at radius 1 is 1.28 bits per heavy atom. The molecule has 1 aliphatic heterocycles. The summed E-state index contributed by atoms with van der Waals surface area (Å²) < 4.78 is 10.9. The summed E-state index contributed by atoms with van der Waals surface area (Å²) in [6.45, 7) is 6.50. The molecular formula is C18H25ClN2O4. The molecule has 6 nitrogen and oxygen atoms in total. The lowest BCUT2D eigenvalue weighted by Crippen LogP contribution is -2.43. The van der Waals surface area contributed by atoms with Gasteiger partial charge in [-0.15, -0.1) is 0 Å². The maximum Gasteiger partial charge on any atom is 0.410 e. The number of nitrogens with zero attached hydrogens (tertiary/aromatic N) is 2. The molecule has 0 saturated carbocycles. The SMILES string of the molecule is CN(C(=O)COc1ccc(Cl)cc1)C1CCN(C(=O)OC(C)(C)C)C1. The average molecular weight is 369 g/mol. The lowest BCUT2D eigenvalue weighted by Gasteiger charge is -2.26. The van der Waals surface area contributed by atoms with Gasteiger partial charge in [-0.1, -0.05) is 11.6 Å². The molecule has 0 spiro atoms. The fraction of sp³-hybridized carbons (Fsp3) is 0.556. The zero-order chi connectivity index (χ0) is 18.6. The monoisotopic (exact) mass is 368 g/mol. The van der Waals surface area contributed by atoms with E-state index in [4.69, 9.17) is 21.1 Å². The summed E-state index contributed by atoms with van der Waals surface area (Å²) in [7, 11) is 1.73. The Labute approximate surface area is 153 Å². The lowest BCUT2D eigenvalue weighted by molar-refractivity contribution is -0.133. The van der Waals surface area contributed by atoms with Crippen LogP contribution in [0.1, 0.15) is 27.2 Å². The quantitative estimate of drug-likeness (QED) is 0.819. The molecule has 0 aromatic heterocycles. The molecule has 0 radical (unpaired) electrons. The number of carbonyl (C=O) groups excluding carboxylic acids is 2. The molecule has 2 amide bonds. The summed E-state index contributed by atoms with van der Waals surface area (Å²) in [4.78, 5) is 27.7. The Morgan fingerprint density at radius 2 is 1.92 bits per heavy atom. The Morgan fingerprint density at radius 3 is 2.52 bits per heavy atom. The molecule has 1 fully saturated rings. The predicted molar refractivity (Wildman–Crippen MR) is 95.9 cm³/mol. The van der Waals surface area contributed by atoms with E-state index in [1.807, 2.05) is 20.8 Å². The first-order chi connectivity index (χ1) is 11.7. The van der Waals surface area contributed by atoms with Crippen LogP contribution >= 0.6 is 11.6 Å². The topological polar surface area (TPSA) is 59.1 Å². The minimum absolute atomic E-state index is 0.0335. The molecule has 138 valence electrons. The normalized spacial score (nSPS) is 17.3. The van der Waals surface area contributed by atoms with Crippen molar-refractivity contribution >= 4 is 23.6 Å². The second kappa shape index (κ2) is 7.95. The van der Waals surface area contributed by atoms with Crippen molar-refractivity contribution < 1.29 is 19.1 Å². The van der Waals surface area contributed by atoms with Crippen molar-refractivity contribution in [2.45, 2.75) is 38.8 Å². The molecule has 25 heavy (non-hydrogen) atoms. The molecule has 0 N–H and O–H groups in total. The van der Waals surface area contributed by atoms with Crippen LogP contribution in [0.2, 0.25) is 5.02 Å².